The summed E-state index contributed by atoms with van der Waals surface area (Å²) in [5.74, 6) is 0.0585. The van der Waals surface area contributed by atoms with Crippen molar-refractivity contribution >= 4 is 42.3 Å². The van der Waals surface area contributed by atoms with E-state index < -0.39 is 10.0 Å². The molecule has 2 aromatic carbocycles. The van der Waals surface area contributed by atoms with Gasteiger partial charge in [-0.3, -0.25) is 4.79 Å². The average Bonchev–Trinajstić information content (AvgIpc) is 3.39. The number of hydrogen-bond donors (Lipinski definition) is 3. The lowest BCUT2D eigenvalue weighted by Crippen LogP contribution is -2.31. The van der Waals surface area contributed by atoms with E-state index in [1.54, 1.807) is 30.3 Å². The molecule has 1 unspecified atom stereocenters. The zero-order valence-electron chi connectivity index (χ0n) is 15.8. The van der Waals surface area contributed by atoms with Crippen LogP contribution in [-0.4, -0.2) is 41.9 Å². The Hall–Kier alpha value is -2.72. The van der Waals surface area contributed by atoms with Crippen LogP contribution in [0.1, 0.15) is 6.42 Å². The number of sulfonamides is 1. The molecule has 0 saturated carbocycles. The molecular weight excluding hydrogens is 422 g/mol. The quantitative estimate of drug-likeness (QED) is 0.452. The number of benzene rings is 2. The van der Waals surface area contributed by atoms with Crippen molar-refractivity contribution in [1.29, 1.82) is 0 Å². The summed E-state index contributed by atoms with van der Waals surface area (Å²) in [6.45, 7) is 0.733. The van der Waals surface area contributed by atoms with E-state index in [2.05, 4.69) is 4.98 Å². The number of fused-ring (bicyclic) bond motifs is 3. The van der Waals surface area contributed by atoms with Crippen molar-refractivity contribution in [3.05, 3.63) is 58.2 Å². The molecule has 9 heteroatoms. The minimum atomic E-state index is -3.61. The monoisotopic (exact) mass is 441 g/mol. The number of hydrogen-bond acceptors (Lipinski definition) is 6. The van der Waals surface area contributed by atoms with E-state index in [9.17, 15) is 18.3 Å². The van der Waals surface area contributed by atoms with Crippen molar-refractivity contribution in [3.8, 4) is 16.9 Å². The second-order valence-corrected chi connectivity index (χ2v) is 10.3. The van der Waals surface area contributed by atoms with Crippen LogP contribution in [0.4, 0.5) is 0 Å². The van der Waals surface area contributed by atoms with Crippen LogP contribution in [0, 0.1) is 0 Å². The maximum atomic E-state index is 12.9. The van der Waals surface area contributed by atoms with Crippen LogP contribution in [0.15, 0.2) is 57.5 Å². The van der Waals surface area contributed by atoms with Gasteiger partial charge in [-0.25, -0.2) is 8.42 Å². The number of aromatic amines is 1. The van der Waals surface area contributed by atoms with Gasteiger partial charge in [0.15, 0.2) is 0 Å². The largest absolute Gasteiger partial charge is 0.507 e. The van der Waals surface area contributed by atoms with Crippen LogP contribution in [-0.2, 0) is 10.0 Å². The Morgan fingerprint density at radius 1 is 1.13 bits per heavy atom. The molecule has 4 aromatic rings. The molecule has 0 radical (unpaired) electrons. The van der Waals surface area contributed by atoms with Crippen LogP contribution < -0.4 is 11.3 Å². The van der Waals surface area contributed by atoms with Crippen molar-refractivity contribution in [2.45, 2.75) is 17.4 Å². The number of nitrogens with one attached hydrogen (secondary N) is 1. The highest BCUT2D eigenvalue weighted by molar-refractivity contribution is 7.89. The van der Waals surface area contributed by atoms with Crippen LogP contribution in [0.5, 0.6) is 5.75 Å². The normalized spacial score (nSPS) is 17.8. The highest BCUT2D eigenvalue weighted by Crippen LogP contribution is 2.40. The van der Waals surface area contributed by atoms with E-state index in [0.717, 1.165) is 10.8 Å². The van der Waals surface area contributed by atoms with E-state index >= 15 is 0 Å². The molecule has 5 rings (SSSR count). The minimum Gasteiger partial charge on any atom is -0.507 e. The van der Waals surface area contributed by atoms with Crippen molar-refractivity contribution in [2.75, 3.05) is 13.1 Å². The minimum absolute atomic E-state index is 0.0585. The molecular formula is C21H19N3O4S2. The third kappa shape index (κ3) is 2.93. The third-order valence-electron chi connectivity index (χ3n) is 5.54. The van der Waals surface area contributed by atoms with Crippen LogP contribution in [0.25, 0.3) is 32.1 Å². The Kier molecular flexibility index (Phi) is 4.44. The van der Waals surface area contributed by atoms with Gasteiger partial charge in [0.05, 0.1) is 4.90 Å². The molecule has 1 atom stereocenters. The Morgan fingerprint density at radius 3 is 2.60 bits per heavy atom. The second-order valence-electron chi connectivity index (χ2n) is 7.44. The SMILES string of the molecule is NC1CCN(S(=O)(=O)c2ccc(-c3c(O)ccc4[nH]c(=O)c5sccc5c34)cc2)C1. The molecule has 0 aliphatic carbocycles. The van der Waals surface area contributed by atoms with Gasteiger partial charge in [-0.05, 0) is 47.7 Å². The molecule has 2 aromatic heterocycles. The van der Waals surface area contributed by atoms with Gasteiger partial charge in [-0.15, -0.1) is 11.3 Å². The fraction of sp³-hybridized carbons (Fsp3) is 0.190. The molecule has 0 spiro atoms. The van der Waals surface area contributed by atoms with E-state index in [4.69, 9.17) is 5.73 Å². The van der Waals surface area contributed by atoms with Gasteiger partial charge in [0.25, 0.3) is 5.56 Å². The highest BCUT2D eigenvalue weighted by Gasteiger charge is 2.31. The number of aromatic nitrogens is 1. The van der Waals surface area contributed by atoms with Gasteiger partial charge in [-0.2, -0.15) is 4.31 Å². The molecule has 4 N–H and O–H groups in total. The number of nitrogens with two attached hydrogens (primary N) is 1. The van der Waals surface area contributed by atoms with Gasteiger partial charge >= 0.3 is 0 Å². The third-order valence-corrected chi connectivity index (χ3v) is 8.33. The summed E-state index contributed by atoms with van der Waals surface area (Å²) in [7, 11) is -3.61. The molecule has 3 heterocycles. The van der Waals surface area contributed by atoms with Gasteiger partial charge in [0.2, 0.25) is 10.0 Å². The molecule has 1 aliphatic heterocycles. The fourth-order valence-electron chi connectivity index (χ4n) is 4.04. The lowest BCUT2D eigenvalue weighted by atomic mass is 9.97. The van der Waals surface area contributed by atoms with Gasteiger partial charge in [0, 0.05) is 41.0 Å². The van der Waals surface area contributed by atoms with Crippen molar-refractivity contribution in [2.24, 2.45) is 5.73 Å². The molecule has 0 bridgehead atoms. The Balaban J connectivity index is 1.66. The van der Waals surface area contributed by atoms with E-state index in [1.165, 1.54) is 21.7 Å². The zero-order valence-corrected chi connectivity index (χ0v) is 17.5. The Morgan fingerprint density at radius 2 is 1.90 bits per heavy atom. The van der Waals surface area contributed by atoms with Crippen molar-refractivity contribution in [3.63, 3.8) is 0 Å². The van der Waals surface area contributed by atoms with Crippen molar-refractivity contribution < 1.29 is 13.5 Å². The number of phenolic OH excluding ortho intramolecular Hbond substituents is 1. The molecule has 1 fully saturated rings. The van der Waals surface area contributed by atoms with Crippen LogP contribution in [0.3, 0.4) is 0 Å². The predicted molar refractivity (Wildman–Crippen MR) is 118 cm³/mol. The van der Waals surface area contributed by atoms with E-state index in [-0.39, 0.29) is 22.2 Å². The molecule has 1 aliphatic rings. The molecule has 0 amide bonds. The van der Waals surface area contributed by atoms with Gasteiger partial charge in [-0.1, -0.05) is 12.1 Å². The number of H-pyrrole nitrogens is 1. The van der Waals surface area contributed by atoms with Crippen LogP contribution in [0.2, 0.25) is 0 Å². The molecule has 30 heavy (non-hydrogen) atoms. The van der Waals surface area contributed by atoms with Gasteiger partial charge < -0.3 is 15.8 Å². The standard InChI is InChI=1S/C21H19N3O4S2/c22-13-7-9-24(11-13)30(27,28)14-3-1-12(2-4-14)18-17(25)6-5-16-19(18)15-8-10-29-20(15)21(26)23-16/h1-6,8,10,13,25H,7,9,11,22H2,(H,23,26). The first-order valence-electron chi connectivity index (χ1n) is 9.47. The summed E-state index contributed by atoms with van der Waals surface area (Å²) < 4.78 is 27.7. The molecule has 1 saturated heterocycles. The number of nitrogens with zero attached hydrogens (tertiary/aromatic N) is 1. The summed E-state index contributed by atoms with van der Waals surface area (Å²) in [4.78, 5) is 15.4. The Labute approximate surface area is 176 Å². The number of pyridine rings is 1. The van der Waals surface area contributed by atoms with Gasteiger partial charge in [0.1, 0.15) is 10.4 Å². The maximum Gasteiger partial charge on any atom is 0.266 e. The number of rotatable bonds is 3. The van der Waals surface area contributed by atoms with Crippen LogP contribution >= 0.6 is 11.3 Å². The van der Waals surface area contributed by atoms with Crippen molar-refractivity contribution in [1.82, 2.24) is 9.29 Å². The first-order chi connectivity index (χ1) is 14.4. The highest BCUT2D eigenvalue weighted by atomic mass is 32.2. The second kappa shape index (κ2) is 6.92. The molecule has 154 valence electrons. The maximum absolute atomic E-state index is 12.9. The Bertz CT molecular complexity index is 1440. The lowest BCUT2D eigenvalue weighted by Gasteiger charge is -2.16. The number of thiophene rings is 1. The smallest absolute Gasteiger partial charge is 0.266 e. The summed E-state index contributed by atoms with van der Waals surface area (Å²) in [6.07, 6.45) is 0.649. The topological polar surface area (TPSA) is 116 Å². The number of aromatic hydroxyl groups is 1. The zero-order chi connectivity index (χ0) is 21.0. The molecule has 7 nitrogen and oxygen atoms in total. The average molecular weight is 442 g/mol. The summed E-state index contributed by atoms with van der Waals surface area (Å²) in [5.41, 5.74) is 7.52. The summed E-state index contributed by atoms with van der Waals surface area (Å²) in [5, 5.41) is 14.0. The predicted octanol–water partition coefficient (Wildman–Crippen LogP) is 2.84. The van der Waals surface area contributed by atoms with E-state index in [0.29, 0.717) is 40.9 Å². The summed E-state index contributed by atoms with van der Waals surface area (Å²) in [6, 6.07) is 11.4. The summed E-state index contributed by atoms with van der Waals surface area (Å²) >= 11 is 1.34. The number of phenols is 1. The lowest BCUT2D eigenvalue weighted by molar-refractivity contribution is 0.472. The van der Waals surface area contributed by atoms with E-state index in [1.807, 2.05) is 11.4 Å². The fourth-order valence-corrected chi connectivity index (χ4v) is 6.35. The first kappa shape index (κ1) is 19.3. The first-order valence-corrected chi connectivity index (χ1v) is 11.8.